The zero-order valence-electron chi connectivity index (χ0n) is 20.5. The number of nitrogens with zero attached hydrogens (tertiary/aromatic N) is 2. The van der Waals surface area contributed by atoms with Crippen LogP contribution in [-0.4, -0.2) is 27.7 Å². The highest BCUT2D eigenvalue weighted by atomic mass is 16.6. The van der Waals surface area contributed by atoms with E-state index in [1.165, 1.54) is 48.5 Å². The lowest BCUT2D eigenvalue weighted by Crippen LogP contribution is -2.19. The maximum atomic E-state index is 12.4. The van der Waals surface area contributed by atoms with Gasteiger partial charge < -0.3 is 21.3 Å². The maximum absolute atomic E-state index is 12.4. The first-order valence-corrected chi connectivity index (χ1v) is 11.6. The van der Waals surface area contributed by atoms with E-state index >= 15 is 0 Å². The number of hydrogen-bond acceptors (Lipinski definition) is 7. The number of non-ortho nitro benzene ring substituents is 2. The minimum Gasteiger partial charge on any atom is -0.322 e. The highest BCUT2D eigenvalue weighted by Gasteiger charge is 2.13. The molecule has 13 heteroatoms. The quantitative estimate of drug-likeness (QED) is 0.164. The molecule has 0 radical (unpaired) electrons. The lowest BCUT2D eigenvalue weighted by Gasteiger charge is -2.10. The van der Waals surface area contributed by atoms with E-state index in [-0.39, 0.29) is 22.5 Å². The molecule has 200 valence electrons. The normalized spacial score (nSPS) is 10.2. The van der Waals surface area contributed by atoms with Crippen LogP contribution in [0, 0.1) is 20.2 Å². The molecule has 0 atom stereocenters. The van der Waals surface area contributed by atoms with Gasteiger partial charge in [-0.25, -0.2) is 4.79 Å². The van der Waals surface area contributed by atoms with Crippen molar-refractivity contribution in [3.05, 3.63) is 128 Å². The summed E-state index contributed by atoms with van der Waals surface area (Å²) in [6.07, 6.45) is 0. The Morgan fingerprint density at radius 1 is 0.500 bits per heavy atom. The van der Waals surface area contributed by atoms with Crippen molar-refractivity contribution in [1.29, 1.82) is 0 Å². The molecule has 4 rings (SSSR count). The minimum atomic E-state index is -0.586. The Labute approximate surface area is 226 Å². The van der Waals surface area contributed by atoms with E-state index in [4.69, 9.17) is 0 Å². The van der Waals surface area contributed by atoms with Gasteiger partial charge in [0.05, 0.1) is 9.85 Å². The molecule has 0 aliphatic carbocycles. The van der Waals surface area contributed by atoms with Gasteiger partial charge in [0.15, 0.2) is 0 Å². The van der Waals surface area contributed by atoms with Gasteiger partial charge in [-0.3, -0.25) is 29.8 Å². The van der Waals surface area contributed by atoms with Crippen LogP contribution >= 0.6 is 0 Å². The molecule has 4 aromatic carbocycles. The second-order valence-electron chi connectivity index (χ2n) is 8.26. The van der Waals surface area contributed by atoms with Crippen LogP contribution in [0.15, 0.2) is 97.1 Å². The highest BCUT2D eigenvalue weighted by molar-refractivity contribution is 6.06. The number of anilines is 4. The standard InChI is InChI=1S/C27H20N6O7/c34-25(17-3-1-5-23(15-17)32(37)38)28-19-7-11-21(12-8-19)30-27(36)31-22-13-9-20(10-14-22)29-26(35)18-4-2-6-24(16-18)33(39)40/h1-16H,(H,28,34)(H,29,35)(H2,30,31,36). The average molecular weight is 540 g/mol. The van der Waals surface area contributed by atoms with Crippen molar-refractivity contribution in [2.24, 2.45) is 0 Å². The van der Waals surface area contributed by atoms with Crippen molar-refractivity contribution in [1.82, 2.24) is 0 Å². The van der Waals surface area contributed by atoms with Crippen LogP contribution in [0.4, 0.5) is 38.9 Å². The number of carbonyl (C=O) groups is 3. The molecule has 0 fully saturated rings. The molecular weight excluding hydrogens is 520 g/mol. The lowest BCUT2D eigenvalue weighted by atomic mass is 10.2. The predicted octanol–water partition coefficient (Wildman–Crippen LogP) is 5.65. The van der Waals surface area contributed by atoms with Crippen LogP contribution in [0.1, 0.15) is 20.7 Å². The summed E-state index contributed by atoms with van der Waals surface area (Å²) in [5.74, 6) is -1.04. The molecule has 4 aromatic rings. The van der Waals surface area contributed by atoms with E-state index in [0.717, 1.165) is 0 Å². The van der Waals surface area contributed by atoms with E-state index in [9.17, 15) is 34.6 Å². The molecule has 4 amide bonds. The van der Waals surface area contributed by atoms with Crippen LogP contribution in [0.3, 0.4) is 0 Å². The van der Waals surface area contributed by atoms with Crippen LogP contribution in [0.25, 0.3) is 0 Å². The van der Waals surface area contributed by atoms with Gasteiger partial charge in [0, 0.05) is 58.1 Å². The van der Waals surface area contributed by atoms with Gasteiger partial charge in [-0.05, 0) is 60.7 Å². The van der Waals surface area contributed by atoms with Crippen molar-refractivity contribution < 1.29 is 24.2 Å². The topological polar surface area (TPSA) is 186 Å². The Balaban J connectivity index is 1.29. The van der Waals surface area contributed by atoms with Crippen molar-refractivity contribution in [3.63, 3.8) is 0 Å². The largest absolute Gasteiger partial charge is 0.323 e. The molecule has 0 aliphatic rings. The van der Waals surface area contributed by atoms with Gasteiger partial charge >= 0.3 is 6.03 Å². The Bertz CT molecular complexity index is 1490. The molecule has 0 heterocycles. The Kier molecular flexibility index (Phi) is 8.05. The van der Waals surface area contributed by atoms with E-state index in [1.54, 1.807) is 48.5 Å². The number of nitro groups is 2. The van der Waals surface area contributed by atoms with Crippen LogP contribution in [-0.2, 0) is 0 Å². The number of nitrogens with one attached hydrogen (secondary N) is 4. The Hall–Kier alpha value is -6.11. The van der Waals surface area contributed by atoms with Crippen LogP contribution in [0.5, 0.6) is 0 Å². The molecule has 13 nitrogen and oxygen atoms in total. The third-order valence-electron chi connectivity index (χ3n) is 5.44. The molecule has 0 saturated heterocycles. The molecule has 0 unspecified atom stereocenters. The number of rotatable bonds is 8. The van der Waals surface area contributed by atoms with Crippen LogP contribution < -0.4 is 21.3 Å². The smallest absolute Gasteiger partial charge is 0.322 e. The molecule has 0 aliphatic heterocycles. The molecule has 0 aromatic heterocycles. The average Bonchev–Trinajstić information content (AvgIpc) is 2.95. The van der Waals surface area contributed by atoms with Crippen LogP contribution in [0.2, 0.25) is 0 Å². The van der Waals surface area contributed by atoms with Gasteiger partial charge in [-0.1, -0.05) is 12.1 Å². The molecule has 0 bridgehead atoms. The summed E-state index contributed by atoms with van der Waals surface area (Å²) in [7, 11) is 0. The third-order valence-corrected chi connectivity index (χ3v) is 5.44. The maximum Gasteiger partial charge on any atom is 0.323 e. The van der Waals surface area contributed by atoms with Crippen molar-refractivity contribution in [2.75, 3.05) is 21.3 Å². The van der Waals surface area contributed by atoms with E-state index < -0.39 is 27.7 Å². The zero-order valence-corrected chi connectivity index (χ0v) is 20.5. The molecule has 0 saturated carbocycles. The summed E-state index contributed by atoms with van der Waals surface area (Å²) in [6, 6.07) is 22.6. The first-order chi connectivity index (χ1) is 19.2. The SMILES string of the molecule is O=C(Nc1ccc(NC(=O)c2cccc([N+](=O)[O-])c2)cc1)Nc1ccc(NC(=O)c2cccc([N+](=O)[O-])c2)cc1. The van der Waals surface area contributed by atoms with E-state index in [1.807, 2.05) is 0 Å². The van der Waals surface area contributed by atoms with E-state index in [0.29, 0.717) is 22.7 Å². The zero-order chi connectivity index (χ0) is 28.6. The second kappa shape index (κ2) is 12.0. The molecule has 4 N–H and O–H groups in total. The van der Waals surface area contributed by atoms with Crippen molar-refractivity contribution >= 4 is 52.0 Å². The van der Waals surface area contributed by atoms with Crippen molar-refractivity contribution in [3.8, 4) is 0 Å². The fraction of sp³-hybridized carbons (Fsp3) is 0. The number of nitro benzene ring substituents is 2. The van der Waals surface area contributed by atoms with Gasteiger partial charge in [-0.2, -0.15) is 0 Å². The van der Waals surface area contributed by atoms with E-state index in [2.05, 4.69) is 21.3 Å². The minimum absolute atomic E-state index is 0.130. The summed E-state index contributed by atoms with van der Waals surface area (Å²) < 4.78 is 0. The summed E-state index contributed by atoms with van der Waals surface area (Å²) in [5.41, 5.74) is 1.58. The number of amides is 4. The fourth-order valence-electron chi connectivity index (χ4n) is 3.50. The lowest BCUT2D eigenvalue weighted by molar-refractivity contribution is -0.385. The summed E-state index contributed by atoms with van der Waals surface area (Å²) >= 11 is 0. The van der Waals surface area contributed by atoms with Gasteiger partial charge in [0.1, 0.15) is 0 Å². The molecular formula is C27H20N6O7. The number of carbonyl (C=O) groups excluding carboxylic acids is 3. The van der Waals surface area contributed by atoms with Gasteiger partial charge in [0.2, 0.25) is 0 Å². The van der Waals surface area contributed by atoms with Gasteiger partial charge in [0.25, 0.3) is 23.2 Å². The second-order valence-corrected chi connectivity index (χ2v) is 8.26. The first-order valence-electron chi connectivity index (χ1n) is 11.6. The number of hydrogen-bond donors (Lipinski definition) is 4. The first kappa shape index (κ1) is 26.9. The van der Waals surface area contributed by atoms with Gasteiger partial charge in [-0.15, -0.1) is 0 Å². The number of urea groups is 1. The Morgan fingerprint density at radius 3 is 1.15 bits per heavy atom. The third kappa shape index (κ3) is 7.01. The highest BCUT2D eigenvalue weighted by Crippen LogP contribution is 2.19. The Morgan fingerprint density at radius 2 is 0.825 bits per heavy atom. The summed E-state index contributed by atoms with van der Waals surface area (Å²) in [4.78, 5) is 57.8. The number of benzene rings is 4. The monoisotopic (exact) mass is 540 g/mol. The fourth-order valence-corrected chi connectivity index (χ4v) is 3.50. The van der Waals surface area contributed by atoms with Crippen molar-refractivity contribution in [2.45, 2.75) is 0 Å². The summed E-state index contributed by atoms with van der Waals surface area (Å²) in [6.45, 7) is 0. The predicted molar refractivity (Wildman–Crippen MR) is 148 cm³/mol. The summed E-state index contributed by atoms with van der Waals surface area (Å²) in [5, 5.41) is 32.4. The molecule has 40 heavy (non-hydrogen) atoms. The molecule has 0 spiro atoms.